The highest BCUT2D eigenvalue weighted by Gasteiger charge is 2.09. The first-order chi connectivity index (χ1) is 5.63. The number of hydrogen-bond donors (Lipinski definition) is 2. The molecule has 1 aromatic rings. The minimum atomic E-state index is -0.428. The number of nitrogens with two attached hydrogens (primary N) is 2. The lowest BCUT2D eigenvalue weighted by Crippen LogP contribution is -2.17. The van der Waals surface area contributed by atoms with Gasteiger partial charge in [-0.3, -0.25) is 4.79 Å². The highest BCUT2D eigenvalue weighted by Crippen LogP contribution is 2.14. The van der Waals surface area contributed by atoms with Crippen molar-refractivity contribution in [3.63, 3.8) is 0 Å². The number of carbonyl (C=O) groups is 1. The van der Waals surface area contributed by atoms with E-state index in [-0.39, 0.29) is 6.04 Å². The van der Waals surface area contributed by atoms with Gasteiger partial charge < -0.3 is 11.5 Å². The average molecular weight is 164 g/mol. The Labute approximate surface area is 71.4 Å². The molecule has 0 aromatic heterocycles. The van der Waals surface area contributed by atoms with E-state index in [0.717, 1.165) is 5.56 Å². The zero-order chi connectivity index (χ0) is 9.14. The van der Waals surface area contributed by atoms with Crippen molar-refractivity contribution in [1.82, 2.24) is 0 Å². The van der Waals surface area contributed by atoms with Crippen LogP contribution in [-0.2, 0) is 0 Å². The molecular formula is C9H12N2O. The Morgan fingerprint density at radius 1 is 1.42 bits per heavy atom. The number of rotatable bonds is 2. The predicted octanol–water partition coefficient (Wildman–Crippen LogP) is 0.805. The molecule has 0 radical (unpaired) electrons. The van der Waals surface area contributed by atoms with E-state index in [1.807, 2.05) is 19.1 Å². The Bertz CT molecular complexity index is 294. The standard InChI is InChI=1S/C9H12N2O/c1-6(10)7-4-2-3-5-8(7)9(11)12/h2-6H,10H2,1H3,(H2,11,12)/t6-/m1/s1. The first-order valence-corrected chi connectivity index (χ1v) is 3.77. The van der Waals surface area contributed by atoms with Crippen LogP contribution in [0.3, 0.4) is 0 Å². The van der Waals surface area contributed by atoms with Crippen LogP contribution in [0.15, 0.2) is 24.3 Å². The summed E-state index contributed by atoms with van der Waals surface area (Å²) in [5.74, 6) is -0.428. The molecule has 12 heavy (non-hydrogen) atoms. The number of amides is 1. The van der Waals surface area contributed by atoms with Gasteiger partial charge in [0.15, 0.2) is 0 Å². The van der Waals surface area contributed by atoms with E-state index in [2.05, 4.69) is 0 Å². The summed E-state index contributed by atoms with van der Waals surface area (Å²) in [4.78, 5) is 10.9. The summed E-state index contributed by atoms with van der Waals surface area (Å²) in [5, 5.41) is 0. The average Bonchev–Trinajstić information content (AvgIpc) is 2.04. The highest BCUT2D eigenvalue weighted by molar-refractivity contribution is 5.94. The van der Waals surface area contributed by atoms with Crippen LogP contribution in [0, 0.1) is 0 Å². The Morgan fingerprint density at radius 2 is 2.00 bits per heavy atom. The lowest BCUT2D eigenvalue weighted by atomic mass is 10.0. The van der Waals surface area contributed by atoms with Crippen molar-refractivity contribution in [3.8, 4) is 0 Å². The van der Waals surface area contributed by atoms with Crippen molar-refractivity contribution < 1.29 is 4.79 Å². The fraction of sp³-hybridized carbons (Fsp3) is 0.222. The largest absolute Gasteiger partial charge is 0.366 e. The summed E-state index contributed by atoms with van der Waals surface area (Å²) in [6.07, 6.45) is 0. The molecule has 1 aromatic carbocycles. The SMILES string of the molecule is C[C@@H](N)c1ccccc1C(N)=O. The van der Waals surface area contributed by atoms with E-state index in [4.69, 9.17) is 11.5 Å². The van der Waals surface area contributed by atoms with Gasteiger partial charge in [-0.1, -0.05) is 18.2 Å². The number of benzene rings is 1. The maximum Gasteiger partial charge on any atom is 0.249 e. The van der Waals surface area contributed by atoms with E-state index in [9.17, 15) is 4.79 Å². The van der Waals surface area contributed by atoms with Gasteiger partial charge in [0.1, 0.15) is 0 Å². The number of hydrogen-bond acceptors (Lipinski definition) is 2. The van der Waals surface area contributed by atoms with Crippen LogP contribution in [0.1, 0.15) is 28.9 Å². The molecule has 0 unspecified atom stereocenters. The molecule has 64 valence electrons. The van der Waals surface area contributed by atoms with Crippen LogP contribution in [0.2, 0.25) is 0 Å². The third kappa shape index (κ3) is 1.62. The molecule has 0 aliphatic rings. The van der Waals surface area contributed by atoms with Crippen LogP contribution < -0.4 is 11.5 Å². The number of primary amides is 1. The fourth-order valence-corrected chi connectivity index (χ4v) is 1.12. The smallest absolute Gasteiger partial charge is 0.249 e. The maximum absolute atomic E-state index is 10.9. The van der Waals surface area contributed by atoms with Crippen LogP contribution >= 0.6 is 0 Å². The van der Waals surface area contributed by atoms with Gasteiger partial charge in [0.25, 0.3) is 0 Å². The van der Waals surface area contributed by atoms with E-state index in [0.29, 0.717) is 5.56 Å². The molecule has 0 bridgehead atoms. The van der Waals surface area contributed by atoms with Gasteiger partial charge in [-0.05, 0) is 18.6 Å². The van der Waals surface area contributed by atoms with Gasteiger partial charge in [-0.25, -0.2) is 0 Å². The third-order valence-electron chi connectivity index (χ3n) is 1.72. The number of carbonyl (C=O) groups excluding carboxylic acids is 1. The first-order valence-electron chi connectivity index (χ1n) is 3.77. The van der Waals surface area contributed by atoms with Crippen LogP contribution in [0.5, 0.6) is 0 Å². The second-order valence-corrected chi connectivity index (χ2v) is 2.74. The van der Waals surface area contributed by atoms with Crippen LogP contribution in [0.25, 0.3) is 0 Å². The second-order valence-electron chi connectivity index (χ2n) is 2.74. The molecule has 1 amide bonds. The molecule has 4 N–H and O–H groups in total. The molecule has 1 atom stereocenters. The Morgan fingerprint density at radius 3 is 2.42 bits per heavy atom. The predicted molar refractivity (Wildman–Crippen MR) is 47.6 cm³/mol. The van der Waals surface area contributed by atoms with Crippen molar-refractivity contribution in [3.05, 3.63) is 35.4 Å². The lowest BCUT2D eigenvalue weighted by molar-refractivity contribution is 0.0999. The molecular weight excluding hydrogens is 152 g/mol. The van der Waals surface area contributed by atoms with Crippen molar-refractivity contribution in [2.75, 3.05) is 0 Å². The van der Waals surface area contributed by atoms with Gasteiger partial charge in [-0.2, -0.15) is 0 Å². The summed E-state index contributed by atoms with van der Waals surface area (Å²) < 4.78 is 0. The maximum atomic E-state index is 10.9. The third-order valence-corrected chi connectivity index (χ3v) is 1.72. The minimum Gasteiger partial charge on any atom is -0.366 e. The Hall–Kier alpha value is -1.35. The summed E-state index contributed by atoms with van der Waals surface area (Å²) in [5.41, 5.74) is 12.1. The highest BCUT2D eigenvalue weighted by atomic mass is 16.1. The molecule has 1 rings (SSSR count). The van der Waals surface area contributed by atoms with Gasteiger partial charge in [0.2, 0.25) is 5.91 Å². The van der Waals surface area contributed by atoms with E-state index in [1.54, 1.807) is 12.1 Å². The molecule has 0 fully saturated rings. The quantitative estimate of drug-likeness (QED) is 0.679. The summed E-state index contributed by atoms with van der Waals surface area (Å²) in [6.45, 7) is 1.82. The Kier molecular flexibility index (Phi) is 2.45. The molecule has 0 saturated carbocycles. The van der Waals surface area contributed by atoms with Gasteiger partial charge in [0.05, 0.1) is 0 Å². The van der Waals surface area contributed by atoms with Gasteiger partial charge >= 0.3 is 0 Å². The fourth-order valence-electron chi connectivity index (χ4n) is 1.12. The topological polar surface area (TPSA) is 69.1 Å². The summed E-state index contributed by atoms with van der Waals surface area (Å²) in [7, 11) is 0. The zero-order valence-corrected chi connectivity index (χ0v) is 6.95. The van der Waals surface area contributed by atoms with Crippen molar-refractivity contribution in [1.29, 1.82) is 0 Å². The monoisotopic (exact) mass is 164 g/mol. The zero-order valence-electron chi connectivity index (χ0n) is 6.95. The lowest BCUT2D eigenvalue weighted by Gasteiger charge is -2.08. The summed E-state index contributed by atoms with van der Waals surface area (Å²) in [6, 6.07) is 6.94. The molecule has 0 spiro atoms. The van der Waals surface area contributed by atoms with E-state index >= 15 is 0 Å². The Balaban J connectivity index is 3.17. The van der Waals surface area contributed by atoms with E-state index in [1.165, 1.54) is 0 Å². The minimum absolute atomic E-state index is 0.159. The van der Waals surface area contributed by atoms with Crippen LogP contribution in [-0.4, -0.2) is 5.91 Å². The van der Waals surface area contributed by atoms with Gasteiger partial charge in [-0.15, -0.1) is 0 Å². The van der Waals surface area contributed by atoms with Crippen molar-refractivity contribution >= 4 is 5.91 Å². The first kappa shape index (κ1) is 8.74. The molecule has 3 nitrogen and oxygen atoms in total. The molecule has 0 aliphatic carbocycles. The molecule has 0 saturated heterocycles. The van der Waals surface area contributed by atoms with Crippen molar-refractivity contribution in [2.45, 2.75) is 13.0 Å². The second kappa shape index (κ2) is 3.36. The van der Waals surface area contributed by atoms with Crippen molar-refractivity contribution in [2.24, 2.45) is 11.5 Å². The molecule has 0 aliphatic heterocycles. The normalized spacial score (nSPS) is 12.5. The molecule has 0 heterocycles. The van der Waals surface area contributed by atoms with Gasteiger partial charge in [0, 0.05) is 11.6 Å². The summed E-state index contributed by atoms with van der Waals surface area (Å²) >= 11 is 0. The van der Waals surface area contributed by atoms with Crippen LogP contribution in [0.4, 0.5) is 0 Å². The van der Waals surface area contributed by atoms with E-state index < -0.39 is 5.91 Å². The molecule has 3 heteroatoms.